The first kappa shape index (κ1) is 13.3. The molecule has 0 bridgehead atoms. The van der Waals surface area contributed by atoms with E-state index in [1.807, 2.05) is 6.07 Å². The molecule has 100 valence electrons. The predicted octanol–water partition coefficient (Wildman–Crippen LogP) is 2.97. The van der Waals surface area contributed by atoms with E-state index in [0.717, 1.165) is 38.3 Å². The summed E-state index contributed by atoms with van der Waals surface area (Å²) in [6.45, 7) is 6.41. The Hall–Kier alpha value is -1.09. The highest BCUT2D eigenvalue weighted by Crippen LogP contribution is 2.28. The summed E-state index contributed by atoms with van der Waals surface area (Å²) in [7, 11) is 0. The monoisotopic (exact) mass is 250 g/mol. The second kappa shape index (κ2) is 6.74. The molecule has 0 atom stereocenters. The minimum absolute atomic E-state index is 0.118. The number of nitrogens with one attached hydrogen (secondary N) is 1. The lowest BCUT2D eigenvalue weighted by molar-refractivity contribution is 0.609. The zero-order valence-electron chi connectivity index (χ0n) is 11.2. The van der Waals surface area contributed by atoms with Gasteiger partial charge in [-0.05, 0) is 50.0 Å². The summed E-state index contributed by atoms with van der Waals surface area (Å²) in [5, 5.41) is 3.34. The number of unbranched alkanes of at least 4 members (excludes halogenated alkanes) is 2. The third kappa shape index (κ3) is 3.45. The van der Waals surface area contributed by atoms with Gasteiger partial charge in [0.15, 0.2) is 0 Å². The molecule has 0 aliphatic carbocycles. The van der Waals surface area contributed by atoms with Crippen LogP contribution in [0.5, 0.6) is 0 Å². The predicted molar refractivity (Wildman–Crippen MR) is 74.7 cm³/mol. The van der Waals surface area contributed by atoms with Crippen LogP contribution in [0.1, 0.15) is 31.7 Å². The summed E-state index contributed by atoms with van der Waals surface area (Å²) in [6, 6.07) is 5.18. The lowest BCUT2D eigenvalue weighted by atomic mass is 10.1. The Morgan fingerprint density at radius 3 is 3.00 bits per heavy atom. The molecule has 2 rings (SSSR count). The van der Waals surface area contributed by atoms with Crippen molar-refractivity contribution >= 4 is 5.69 Å². The first-order chi connectivity index (χ1) is 8.81. The number of nitrogens with zero attached hydrogens (tertiary/aromatic N) is 1. The lowest BCUT2D eigenvalue weighted by Gasteiger charge is -2.19. The van der Waals surface area contributed by atoms with Gasteiger partial charge in [0.25, 0.3) is 0 Å². The molecule has 1 aliphatic rings. The molecule has 0 amide bonds. The minimum atomic E-state index is -0.118. The van der Waals surface area contributed by atoms with E-state index in [1.54, 1.807) is 12.1 Å². The van der Waals surface area contributed by atoms with Crippen molar-refractivity contribution in [3.05, 3.63) is 29.6 Å². The van der Waals surface area contributed by atoms with Crippen LogP contribution in [0.3, 0.4) is 0 Å². The van der Waals surface area contributed by atoms with Crippen LogP contribution >= 0.6 is 0 Å². The van der Waals surface area contributed by atoms with E-state index in [1.165, 1.54) is 24.8 Å². The van der Waals surface area contributed by atoms with Gasteiger partial charge in [-0.1, -0.05) is 19.4 Å². The molecule has 0 saturated heterocycles. The summed E-state index contributed by atoms with van der Waals surface area (Å²) in [5.41, 5.74) is 2.41. The van der Waals surface area contributed by atoms with Crippen LogP contribution in [0, 0.1) is 5.82 Å². The number of benzene rings is 1. The fourth-order valence-electron chi connectivity index (χ4n) is 2.56. The number of rotatable bonds is 7. The average molecular weight is 250 g/mol. The maximum Gasteiger partial charge on any atom is 0.125 e. The Balaban J connectivity index is 1.74. The zero-order chi connectivity index (χ0) is 12.8. The van der Waals surface area contributed by atoms with Gasteiger partial charge in [0.1, 0.15) is 5.82 Å². The molecule has 1 N–H and O–H groups in total. The van der Waals surface area contributed by atoms with Crippen LogP contribution in [-0.4, -0.2) is 26.2 Å². The number of halogens is 1. The SMILES string of the molecule is CCNCCCCCN1CCc2ccc(F)cc21. The van der Waals surface area contributed by atoms with Crippen LogP contribution < -0.4 is 10.2 Å². The molecule has 18 heavy (non-hydrogen) atoms. The first-order valence-corrected chi connectivity index (χ1v) is 7.05. The normalized spacial score (nSPS) is 14.0. The van der Waals surface area contributed by atoms with E-state index < -0.39 is 0 Å². The molecule has 0 fully saturated rings. The summed E-state index contributed by atoms with van der Waals surface area (Å²) >= 11 is 0. The van der Waals surface area contributed by atoms with Crippen molar-refractivity contribution < 1.29 is 4.39 Å². The van der Waals surface area contributed by atoms with E-state index >= 15 is 0 Å². The molecule has 0 radical (unpaired) electrons. The minimum Gasteiger partial charge on any atom is -0.371 e. The Kier molecular flexibility index (Phi) is 5.00. The third-order valence-corrected chi connectivity index (χ3v) is 3.57. The van der Waals surface area contributed by atoms with Crippen LogP contribution in [0.25, 0.3) is 0 Å². The highest BCUT2D eigenvalue weighted by Gasteiger charge is 2.18. The van der Waals surface area contributed by atoms with E-state index in [-0.39, 0.29) is 5.82 Å². The number of fused-ring (bicyclic) bond motifs is 1. The van der Waals surface area contributed by atoms with E-state index in [0.29, 0.717) is 0 Å². The standard InChI is InChI=1S/C15H23FN2/c1-2-17-9-4-3-5-10-18-11-8-13-6-7-14(16)12-15(13)18/h6-7,12,17H,2-5,8-11H2,1H3. The molecule has 1 aromatic carbocycles. The van der Waals surface area contributed by atoms with Gasteiger partial charge in [-0.25, -0.2) is 4.39 Å². The summed E-state index contributed by atoms with van der Waals surface area (Å²) in [4.78, 5) is 2.33. The highest BCUT2D eigenvalue weighted by molar-refractivity contribution is 5.57. The molecule has 3 heteroatoms. The van der Waals surface area contributed by atoms with Gasteiger partial charge in [0, 0.05) is 18.8 Å². The quantitative estimate of drug-likeness (QED) is 0.748. The third-order valence-electron chi connectivity index (χ3n) is 3.57. The van der Waals surface area contributed by atoms with Crippen LogP contribution in [-0.2, 0) is 6.42 Å². The van der Waals surface area contributed by atoms with Gasteiger partial charge in [-0.3, -0.25) is 0 Å². The highest BCUT2D eigenvalue weighted by atomic mass is 19.1. The van der Waals surface area contributed by atoms with E-state index in [4.69, 9.17) is 0 Å². The van der Waals surface area contributed by atoms with Crippen molar-refractivity contribution in [1.29, 1.82) is 0 Å². The lowest BCUT2D eigenvalue weighted by Crippen LogP contribution is -2.22. The summed E-state index contributed by atoms with van der Waals surface area (Å²) in [6.07, 6.45) is 4.74. The number of hydrogen-bond donors (Lipinski definition) is 1. The Bertz CT molecular complexity index is 379. The maximum atomic E-state index is 13.2. The Morgan fingerprint density at radius 1 is 1.28 bits per heavy atom. The van der Waals surface area contributed by atoms with Gasteiger partial charge in [-0.2, -0.15) is 0 Å². The molecule has 2 nitrogen and oxygen atoms in total. The van der Waals surface area contributed by atoms with Gasteiger partial charge >= 0.3 is 0 Å². The molecular weight excluding hydrogens is 227 g/mol. The Labute approximate surface area is 109 Å². The first-order valence-electron chi connectivity index (χ1n) is 7.05. The topological polar surface area (TPSA) is 15.3 Å². The van der Waals surface area contributed by atoms with Crippen LogP contribution in [0.15, 0.2) is 18.2 Å². The second-order valence-corrected chi connectivity index (χ2v) is 4.92. The van der Waals surface area contributed by atoms with Gasteiger partial charge in [0.05, 0.1) is 0 Å². The molecule has 0 spiro atoms. The van der Waals surface area contributed by atoms with E-state index in [9.17, 15) is 4.39 Å². The molecule has 0 unspecified atom stereocenters. The van der Waals surface area contributed by atoms with E-state index in [2.05, 4.69) is 17.1 Å². The van der Waals surface area contributed by atoms with Gasteiger partial charge < -0.3 is 10.2 Å². The summed E-state index contributed by atoms with van der Waals surface area (Å²) in [5.74, 6) is -0.118. The van der Waals surface area contributed by atoms with Gasteiger partial charge in [0.2, 0.25) is 0 Å². The van der Waals surface area contributed by atoms with Crippen LogP contribution in [0.2, 0.25) is 0 Å². The fourth-order valence-corrected chi connectivity index (χ4v) is 2.56. The fraction of sp³-hybridized carbons (Fsp3) is 0.600. The number of hydrogen-bond acceptors (Lipinski definition) is 2. The molecular formula is C15H23FN2. The zero-order valence-corrected chi connectivity index (χ0v) is 11.2. The van der Waals surface area contributed by atoms with Crippen molar-refractivity contribution in [2.75, 3.05) is 31.1 Å². The van der Waals surface area contributed by atoms with Crippen LogP contribution in [0.4, 0.5) is 10.1 Å². The molecule has 1 heterocycles. The largest absolute Gasteiger partial charge is 0.371 e. The van der Waals surface area contributed by atoms with Gasteiger partial charge in [-0.15, -0.1) is 0 Å². The average Bonchev–Trinajstić information content (AvgIpc) is 2.76. The molecule has 0 aromatic heterocycles. The summed E-state index contributed by atoms with van der Waals surface area (Å²) < 4.78 is 13.2. The Morgan fingerprint density at radius 2 is 2.17 bits per heavy atom. The molecule has 1 aliphatic heterocycles. The second-order valence-electron chi connectivity index (χ2n) is 4.92. The number of anilines is 1. The van der Waals surface area contributed by atoms with Crippen molar-refractivity contribution in [2.24, 2.45) is 0 Å². The smallest absolute Gasteiger partial charge is 0.125 e. The molecule has 0 saturated carbocycles. The van der Waals surface area contributed by atoms with Crippen molar-refractivity contribution in [3.63, 3.8) is 0 Å². The maximum absolute atomic E-state index is 13.2. The van der Waals surface area contributed by atoms with Crippen molar-refractivity contribution in [2.45, 2.75) is 32.6 Å². The van der Waals surface area contributed by atoms with Crippen molar-refractivity contribution in [1.82, 2.24) is 5.32 Å². The van der Waals surface area contributed by atoms with Crippen molar-refractivity contribution in [3.8, 4) is 0 Å². The molecule has 1 aromatic rings.